The summed E-state index contributed by atoms with van der Waals surface area (Å²) in [6.07, 6.45) is 0. The van der Waals surface area contributed by atoms with Gasteiger partial charge in [-0.3, -0.25) is 0 Å². The maximum atomic E-state index is 5.37. The predicted octanol–water partition coefficient (Wildman–Crippen LogP) is 2.28. The highest BCUT2D eigenvalue weighted by Gasteiger charge is 2.09. The monoisotopic (exact) mass is 273 g/mol. The quantitative estimate of drug-likeness (QED) is 0.932. The fourth-order valence-corrected chi connectivity index (χ4v) is 2.12. The van der Waals surface area contributed by atoms with Crippen molar-refractivity contribution in [3.8, 4) is 10.8 Å². The van der Waals surface area contributed by atoms with Crippen molar-refractivity contribution in [1.82, 2.24) is 15.5 Å². The van der Waals surface area contributed by atoms with Gasteiger partial charge in [-0.2, -0.15) is 0 Å². The number of hydrogen-bond acceptors (Lipinski definition) is 5. The topological polar surface area (TPSA) is 51.0 Å². The molecular weight excluding hydrogens is 266 g/mol. The third-order valence-electron chi connectivity index (χ3n) is 1.58. The van der Waals surface area contributed by atoms with Crippen LogP contribution in [0.2, 0.25) is 0 Å². The molecule has 1 N–H and O–H groups in total. The molecule has 4 nitrogen and oxygen atoms in total. The molecule has 0 amide bonds. The van der Waals surface area contributed by atoms with Crippen molar-refractivity contribution < 1.29 is 4.42 Å². The predicted molar refractivity (Wildman–Crippen MR) is 58.1 cm³/mol. The molecule has 0 saturated carbocycles. The van der Waals surface area contributed by atoms with Gasteiger partial charge in [-0.25, -0.2) is 0 Å². The second kappa shape index (κ2) is 4.20. The van der Waals surface area contributed by atoms with Crippen molar-refractivity contribution in [3.05, 3.63) is 21.8 Å². The first kappa shape index (κ1) is 9.82. The van der Waals surface area contributed by atoms with Crippen molar-refractivity contribution in [3.63, 3.8) is 0 Å². The summed E-state index contributed by atoms with van der Waals surface area (Å²) in [5.74, 6) is 0.747. The summed E-state index contributed by atoms with van der Waals surface area (Å²) < 4.78 is 6.07. The molecule has 0 aliphatic rings. The van der Waals surface area contributed by atoms with Gasteiger partial charge in [0.05, 0.1) is 0 Å². The molecule has 2 rings (SSSR count). The molecule has 0 fully saturated rings. The summed E-state index contributed by atoms with van der Waals surface area (Å²) >= 11 is 4.77. The third kappa shape index (κ3) is 2.02. The number of nitrogens with zero attached hydrogens (tertiary/aromatic N) is 2. The number of furan rings is 1. The first-order valence-electron chi connectivity index (χ1n) is 4.02. The normalized spacial score (nSPS) is 10.7. The van der Waals surface area contributed by atoms with Crippen LogP contribution in [-0.2, 0) is 6.54 Å². The van der Waals surface area contributed by atoms with Gasteiger partial charge in [0, 0.05) is 6.54 Å². The first-order valence-corrected chi connectivity index (χ1v) is 5.63. The van der Waals surface area contributed by atoms with Gasteiger partial charge in [-0.1, -0.05) is 11.3 Å². The van der Waals surface area contributed by atoms with Crippen LogP contribution in [0.15, 0.2) is 21.2 Å². The van der Waals surface area contributed by atoms with Gasteiger partial charge in [0.15, 0.2) is 15.4 Å². The minimum Gasteiger partial charge on any atom is -0.447 e. The highest BCUT2D eigenvalue weighted by Crippen LogP contribution is 2.27. The average molecular weight is 274 g/mol. The maximum absolute atomic E-state index is 5.37. The third-order valence-corrected chi connectivity index (χ3v) is 2.94. The minimum absolute atomic E-state index is 0.706. The molecule has 0 spiro atoms. The molecule has 14 heavy (non-hydrogen) atoms. The molecule has 2 heterocycles. The molecule has 0 unspecified atom stereocenters. The zero-order valence-corrected chi connectivity index (χ0v) is 9.85. The Morgan fingerprint density at radius 3 is 3.00 bits per heavy atom. The van der Waals surface area contributed by atoms with Crippen molar-refractivity contribution in [1.29, 1.82) is 0 Å². The smallest absolute Gasteiger partial charge is 0.183 e. The summed E-state index contributed by atoms with van der Waals surface area (Å²) in [5, 5.41) is 12.8. The Labute approximate surface area is 93.5 Å². The molecule has 6 heteroatoms. The Kier molecular flexibility index (Phi) is 2.95. The maximum Gasteiger partial charge on any atom is 0.183 e. The molecular formula is C8H8BrN3OS. The van der Waals surface area contributed by atoms with Gasteiger partial charge in [0.2, 0.25) is 0 Å². The Morgan fingerprint density at radius 2 is 2.36 bits per heavy atom. The first-order chi connectivity index (χ1) is 6.79. The molecule has 74 valence electrons. The molecule has 0 saturated heterocycles. The summed E-state index contributed by atoms with van der Waals surface area (Å²) in [5.41, 5.74) is 0. The summed E-state index contributed by atoms with van der Waals surface area (Å²) in [4.78, 5) is 0. The minimum atomic E-state index is 0.706. The summed E-state index contributed by atoms with van der Waals surface area (Å²) in [6, 6.07) is 3.71. The number of halogens is 1. The van der Waals surface area contributed by atoms with E-state index in [4.69, 9.17) is 4.42 Å². The average Bonchev–Trinajstić information content (AvgIpc) is 2.74. The summed E-state index contributed by atoms with van der Waals surface area (Å²) in [7, 11) is 1.88. The molecule has 0 bridgehead atoms. The van der Waals surface area contributed by atoms with Crippen molar-refractivity contribution in [2.45, 2.75) is 6.54 Å². The van der Waals surface area contributed by atoms with Crippen LogP contribution >= 0.6 is 27.3 Å². The Balaban J connectivity index is 2.24. The van der Waals surface area contributed by atoms with Gasteiger partial charge in [0.1, 0.15) is 5.01 Å². The lowest BCUT2D eigenvalue weighted by atomic mass is 10.5. The van der Waals surface area contributed by atoms with Crippen LogP contribution < -0.4 is 5.32 Å². The fraction of sp³-hybridized carbons (Fsp3) is 0.250. The van der Waals surface area contributed by atoms with Crippen LogP contribution in [0.1, 0.15) is 5.01 Å². The van der Waals surface area contributed by atoms with E-state index in [1.165, 1.54) is 11.3 Å². The van der Waals surface area contributed by atoms with E-state index in [1.807, 2.05) is 19.2 Å². The Hall–Kier alpha value is -0.720. The standard InChI is InChI=1S/C8H8BrN3OS/c1-10-4-7-11-12-8(14-7)5-2-3-6(9)13-5/h2-3,10H,4H2,1H3. The van der Waals surface area contributed by atoms with E-state index >= 15 is 0 Å². The number of hydrogen-bond donors (Lipinski definition) is 1. The molecule has 0 aromatic carbocycles. The molecule has 2 aromatic rings. The van der Waals surface area contributed by atoms with Crippen molar-refractivity contribution in [2.75, 3.05) is 7.05 Å². The van der Waals surface area contributed by atoms with Gasteiger partial charge in [-0.15, -0.1) is 10.2 Å². The fourth-order valence-electron chi connectivity index (χ4n) is 1.01. The summed E-state index contributed by atoms with van der Waals surface area (Å²) in [6.45, 7) is 0.736. The molecule has 0 radical (unpaired) electrons. The van der Waals surface area contributed by atoms with E-state index in [-0.39, 0.29) is 0 Å². The van der Waals surface area contributed by atoms with Crippen LogP contribution in [0, 0.1) is 0 Å². The SMILES string of the molecule is CNCc1nnc(-c2ccc(Br)o2)s1. The molecule has 2 aromatic heterocycles. The number of rotatable bonds is 3. The van der Waals surface area contributed by atoms with Crippen molar-refractivity contribution in [2.24, 2.45) is 0 Å². The zero-order valence-electron chi connectivity index (χ0n) is 7.45. The van der Waals surface area contributed by atoms with Gasteiger partial charge < -0.3 is 9.73 Å². The van der Waals surface area contributed by atoms with E-state index in [0.29, 0.717) is 4.67 Å². The molecule has 0 atom stereocenters. The van der Waals surface area contributed by atoms with E-state index in [2.05, 4.69) is 31.4 Å². The van der Waals surface area contributed by atoms with Crippen LogP contribution in [0.3, 0.4) is 0 Å². The van der Waals surface area contributed by atoms with E-state index in [1.54, 1.807) is 0 Å². The molecule has 0 aliphatic carbocycles. The van der Waals surface area contributed by atoms with E-state index in [9.17, 15) is 0 Å². The van der Waals surface area contributed by atoms with Gasteiger partial charge in [0.25, 0.3) is 0 Å². The van der Waals surface area contributed by atoms with E-state index in [0.717, 1.165) is 22.3 Å². The number of aromatic nitrogens is 2. The van der Waals surface area contributed by atoms with Gasteiger partial charge >= 0.3 is 0 Å². The van der Waals surface area contributed by atoms with Crippen LogP contribution in [0.4, 0.5) is 0 Å². The second-order valence-electron chi connectivity index (χ2n) is 2.64. The van der Waals surface area contributed by atoms with Crippen LogP contribution in [0.25, 0.3) is 10.8 Å². The lowest BCUT2D eigenvalue weighted by Gasteiger charge is -1.88. The van der Waals surface area contributed by atoms with Gasteiger partial charge in [-0.05, 0) is 35.1 Å². The Morgan fingerprint density at radius 1 is 1.50 bits per heavy atom. The lowest BCUT2D eigenvalue weighted by Crippen LogP contribution is -2.04. The second-order valence-corrected chi connectivity index (χ2v) is 4.48. The highest BCUT2D eigenvalue weighted by molar-refractivity contribution is 9.10. The molecule has 0 aliphatic heterocycles. The largest absolute Gasteiger partial charge is 0.447 e. The van der Waals surface area contributed by atoms with Crippen LogP contribution in [0.5, 0.6) is 0 Å². The van der Waals surface area contributed by atoms with Crippen molar-refractivity contribution >= 4 is 27.3 Å². The highest BCUT2D eigenvalue weighted by atomic mass is 79.9. The Bertz CT molecular complexity index is 426. The van der Waals surface area contributed by atoms with Crippen LogP contribution in [-0.4, -0.2) is 17.2 Å². The lowest BCUT2D eigenvalue weighted by molar-refractivity contribution is 0.554. The number of nitrogens with one attached hydrogen (secondary N) is 1. The van der Waals surface area contributed by atoms with E-state index < -0.39 is 0 Å². The zero-order chi connectivity index (χ0) is 9.97.